The summed E-state index contributed by atoms with van der Waals surface area (Å²) in [6.07, 6.45) is 5.83. The van der Waals surface area contributed by atoms with Gasteiger partial charge >= 0.3 is 6.03 Å². The number of nitrogens with one attached hydrogen (secondary N) is 2. The van der Waals surface area contributed by atoms with Gasteiger partial charge < -0.3 is 24.7 Å². The largest absolute Gasteiger partial charge is 0.489 e. The van der Waals surface area contributed by atoms with E-state index in [9.17, 15) is 9.18 Å². The molecule has 0 aliphatic carbocycles. The van der Waals surface area contributed by atoms with Gasteiger partial charge in [-0.3, -0.25) is 0 Å². The van der Waals surface area contributed by atoms with E-state index in [2.05, 4.69) is 10.6 Å². The third-order valence-electron chi connectivity index (χ3n) is 3.98. The van der Waals surface area contributed by atoms with Crippen molar-refractivity contribution in [1.82, 2.24) is 9.88 Å². The Bertz CT molecular complexity index is 726. The van der Waals surface area contributed by atoms with Crippen molar-refractivity contribution in [2.75, 3.05) is 18.5 Å². The normalized spacial score (nSPS) is 16.6. The second-order valence-corrected chi connectivity index (χ2v) is 6.08. The SMILES string of the molecule is Cn1ccc(CNC(=O)Nc2cc(F)ccc2OC[C@H]2CCCO2)c1. The number of halogens is 1. The fourth-order valence-corrected chi connectivity index (χ4v) is 2.70. The van der Waals surface area contributed by atoms with Crippen LogP contribution >= 0.6 is 0 Å². The number of amides is 2. The van der Waals surface area contributed by atoms with Gasteiger partial charge in [-0.05, 0) is 36.6 Å². The van der Waals surface area contributed by atoms with E-state index in [1.54, 1.807) is 0 Å². The van der Waals surface area contributed by atoms with Crippen molar-refractivity contribution < 1.29 is 18.7 Å². The van der Waals surface area contributed by atoms with Gasteiger partial charge in [-0.2, -0.15) is 0 Å². The molecular weight excluding hydrogens is 325 g/mol. The first-order chi connectivity index (χ1) is 12.1. The highest BCUT2D eigenvalue weighted by atomic mass is 19.1. The molecule has 25 heavy (non-hydrogen) atoms. The molecule has 1 aliphatic rings. The number of carbonyl (C=O) groups is 1. The number of urea groups is 1. The van der Waals surface area contributed by atoms with Crippen LogP contribution in [0.5, 0.6) is 5.75 Å². The zero-order valence-electron chi connectivity index (χ0n) is 14.1. The lowest BCUT2D eigenvalue weighted by Crippen LogP contribution is -2.28. The van der Waals surface area contributed by atoms with Crippen LogP contribution in [0.4, 0.5) is 14.9 Å². The van der Waals surface area contributed by atoms with Crippen molar-refractivity contribution in [3.8, 4) is 5.75 Å². The van der Waals surface area contributed by atoms with E-state index in [0.29, 0.717) is 24.6 Å². The van der Waals surface area contributed by atoms with Crippen molar-refractivity contribution in [1.29, 1.82) is 0 Å². The average molecular weight is 347 g/mol. The van der Waals surface area contributed by atoms with E-state index < -0.39 is 11.8 Å². The number of hydrogen-bond acceptors (Lipinski definition) is 3. The summed E-state index contributed by atoms with van der Waals surface area (Å²) in [7, 11) is 1.91. The number of hydrogen-bond donors (Lipinski definition) is 2. The molecule has 1 atom stereocenters. The number of aromatic nitrogens is 1. The van der Waals surface area contributed by atoms with Crippen LogP contribution in [0.1, 0.15) is 18.4 Å². The molecule has 7 heteroatoms. The van der Waals surface area contributed by atoms with Crippen LogP contribution in [-0.2, 0) is 18.3 Å². The lowest BCUT2D eigenvalue weighted by Gasteiger charge is -2.15. The maximum absolute atomic E-state index is 13.5. The number of aryl methyl sites for hydroxylation is 1. The summed E-state index contributed by atoms with van der Waals surface area (Å²) < 4.78 is 26.7. The highest BCUT2D eigenvalue weighted by Crippen LogP contribution is 2.26. The maximum atomic E-state index is 13.5. The third-order valence-corrected chi connectivity index (χ3v) is 3.98. The van der Waals surface area contributed by atoms with Gasteiger partial charge in [0.15, 0.2) is 0 Å². The van der Waals surface area contributed by atoms with Gasteiger partial charge in [0.05, 0.1) is 11.8 Å². The second-order valence-electron chi connectivity index (χ2n) is 6.08. The summed E-state index contributed by atoms with van der Waals surface area (Å²) in [6.45, 7) is 1.50. The molecule has 6 nitrogen and oxygen atoms in total. The molecule has 0 saturated carbocycles. The van der Waals surface area contributed by atoms with E-state index in [1.165, 1.54) is 18.2 Å². The van der Waals surface area contributed by atoms with Crippen LogP contribution < -0.4 is 15.4 Å². The van der Waals surface area contributed by atoms with Crippen LogP contribution in [-0.4, -0.2) is 29.9 Å². The summed E-state index contributed by atoms with van der Waals surface area (Å²) in [5.41, 5.74) is 1.27. The van der Waals surface area contributed by atoms with Gasteiger partial charge in [-0.1, -0.05) is 0 Å². The Morgan fingerprint density at radius 1 is 1.44 bits per heavy atom. The average Bonchev–Trinajstić information content (AvgIpc) is 3.24. The Hall–Kier alpha value is -2.54. The van der Waals surface area contributed by atoms with Crippen molar-refractivity contribution >= 4 is 11.7 Å². The predicted octanol–water partition coefficient (Wildman–Crippen LogP) is 3.04. The van der Waals surface area contributed by atoms with E-state index in [0.717, 1.165) is 25.0 Å². The number of benzene rings is 1. The molecule has 0 radical (unpaired) electrons. The Morgan fingerprint density at radius 2 is 2.32 bits per heavy atom. The quantitative estimate of drug-likeness (QED) is 0.844. The lowest BCUT2D eigenvalue weighted by molar-refractivity contribution is 0.0682. The third kappa shape index (κ3) is 4.96. The predicted molar refractivity (Wildman–Crippen MR) is 92.1 cm³/mol. The van der Waals surface area contributed by atoms with Crippen molar-refractivity contribution in [3.63, 3.8) is 0 Å². The lowest BCUT2D eigenvalue weighted by atomic mass is 10.2. The molecular formula is C18H22FN3O3. The number of ether oxygens (including phenoxy) is 2. The van der Waals surface area contributed by atoms with Crippen LogP contribution in [0.2, 0.25) is 0 Å². The van der Waals surface area contributed by atoms with Crippen LogP contribution in [0.25, 0.3) is 0 Å². The minimum Gasteiger partial charge on any atom is -0.489 e. The summed E-state index contributed by atoms with van der Waals surface area (Å²) in [5, 5.41) is 5.38. The molecule has 1 aromatic carbocycles. The van der Waals surface area contributed by atoms with Crippen LogP contribution in [0.15, 0.2) is 36.7 Å². The van der Waals surface area contributed by atoms with E-state index in [4.69, 9.17) is 9.47 Å². The Kier molecular flexibility index (Phi) is 5.55. The molecule has 134 valence electrons. The molecule has 1 fully saturated rings. The first-order valence-electron chi connectivity index (χ1n) is 8.30. The van der Waals surface area contributed by atoms with Crippen LogP contribution in [0.3, 0.4) is 0 Å². The Labute approximate surface area is 145 Å². The van der Waals surface area contributed by atoms with Gasteiger partial charge in [0, 0.05) is 38.7 Å². The summed E-state index contributed by atoms with van der Waals surface area (Å²) in [6, 6.07) is 5.55. The molecule has 2 amide bonds. The molecule has 1 saturated heterocycles. The minimum atomic E-state index is -0.442. The first kappa shape index (κ1) is 17.3. The van der Waals surface area contributed by atoms with E-state index in [-0.39, 0.29) is 6.10 Å². The molecule has 2 N–H and O–H groups in total. The Morgan fingerprint density at radius 3 is 3.04 bits per heavy atom. The molecule has 1 aliphatic heterocycles. The standard InChI is InChI=1S/C18H22FN3O3/c1-22-7-6-13(11-22)10-20-18(23)21-16-9-14(19)4-5-17(16)25-12-15-3-2-8-24-15/h4-7,9,11,15H,2-3,8,10,12H2,1H3,(H2,20,21,23)/t15-/m1/s1. The number of rotatable bonds is 6. The van der Waals surface area contributed by atoms with Gasteiger partial charge in [0.2, 0.25) is 0 Å². The van der Waals surface area contributed by atoms with Gasteiger partial charge in [0.25, 0.3) is 0 Å². The molecule has 3 rings (SSSR count). The molecule has 0 unspecified atom stereocenters. The van der Waals surface area contributed by atoms with E-state index >= 15 is 0 Å². The number of carbonyl (C=O) groups excluding carboxylic acids is 1. The number of nitrogens with zero attached hydrogens (tertiary/aromatic N) is 1. The molecule has 2 heterocycles. The van der Waals surface area contributed by atoms with E-state index in [1.807, 2.05) is 30.1 Å². The van der Waals surface area contributed by atoms with Crippen molar-refractivity contribution in [3.05, 3.63) is 48.0 Å². The summed E-state index contributed by atoms with van der Waals surface area (Å²) in [4.78, 5) is 12.1. The second kappa shape index (κ2) is 8.02. The Balaban J connectivity index is 1.57. The highest BCUT2D eigenvalue weighted by molar-refractivity contribution is 5.90. The zero-order chi connectivity index (χ0) is 17.6. The molecule has 0 bridgehead atoms. The summed E-state index contributed by atoms with van der Waals surface area (Å²) >= 11 is 0. The van der Waals surface area contributed by atoms with Gasteiger partial charge in [-0.25, -0.2) is 9.18 Å². The molecule has 0 spiro atoms. The van der Waals surface area contributed by atoms with Crippen LogP contribution in [0, 0.1) is 5.82 Å². The van der Waals surface area contributed by atoms with Crippen molar-refractivity contribution in [2.45, 2.75) is 25.5 Å². The van der Waals surface area contributed by atoms with Crippen molar-refractivity contribution in [2.24, 2.45) is 7.05 Å². The molecule has 2 aromatic rings. The smallest absolute Gasteiger partial charge is 0.319 e. The summed E-state index contributed by atoms with van der Waals surface area (Å²) in [5.74, 6) is -0.0189. The topological polar surface area (TPSA) is 64.5 Å². The highest BCUT2D eigenvalue weighted by Gasteiger charge is 2.17. The fraction of sp³-hybridized carbons (Fsp3) is 0.389. The monoisotopic (exact) mass is 347 g/mol. The fourth-order valence-electron chi connectivity index (χ4n) is 2.70. The molecule has 1 aromatic heterocycles. The van der Waals surface area contributed by atoms with Gasteiger partial charge in [-0.15, -0.1) is 0 Å². The zero-order valence-corrected chi connectivity index (χ0v) is 14.1. The van der Waals surface area contributed by atoms with Gasteiger partial charge in [0.1, 0.15) is 18.2 Å². The first-order valence-corrected chi connectivity index (χ1v) is 8.30. The number of anilines is 1. The maximum Gasteiger partial charge on any atom is 0.319 e. The minimum absolute atomic E-state index is 0.0461.